The highest BCUT2D eigenvalue weighted by atomic mass is 19.1. The first-order valence-corrected chi connectivity index (χ1v) is 10.5. The summed E-state index contributed by atoms with van der Waals surface area (Å²) in [5, 5.41) is 0. The Morgan fingerprint density at radius 2 is 1.79 bits per heavy atom. The van der Waals surface area contributed by atoms with E-state index in [2.05, 4.69) is 0 Å². The van der Waals surface area contributed by atoms with Gasteiger partial charge in [0.15, 0.2) is 0 Å². The van der Waals surface area contributed by atoms with E-state index in [1.54, 1.807) is 11.0 Å². The van der Waals surface area contributed by atoms with Crippen LogP contribution in [0.1, 0.15) is 60.0 Å². The Labute approximate surface area is 170 Å². The van der Waals surface area contributed by atoms with Gasteiger partial charge in [-0.2, -0.15) is 0 Å². The molecule has 1 spiro atoms. The van der Waals surface area contributed by atoms with E-state index >= 15 is 0 Å². The fraction of sp³-hybridized carbons (Fsp3) is 0.417. The smallest absolute Gasteiger partial charge is 0.258 e. The van der Waals surface area contributed by atoms with Crippen molar-refractivity contribution in [2.45, 2.75) is 50.5 Å². The molecular formula is C24H25FN2O2. The molecule has 1 saturated heterocycles. The molecule has 2 aromatic carbocycles. The van der Waals surface area contributed by atoms with Gasteiger partial charge in [-0.1, -0.05) is 31.0 Å². The summed E-state index contributed by atoms with van der Waals surface area (Å²) in [6.45, 7) is 1.96. The highest BCUT2D eigenvalue weighted by Crippen LogP contribution is 2.51. The summed E-state index contributed by atoms with van der Waals surface area (Å²) in [7, 11) is 0. The summed E-state index contributed by atoms with van der Waals surface area (Å²) < 4.78 is 14.7. The standard InChI is InChI=1S/C24H25FN2O2/c25-19-5-3-6-20-22(19)24(12-1-2-13-24)16-27(20)23(29)18-10-8-17(9-11-18)15-26-14-4-7-21(26)28/h3,5-6,8-11H,1-2,4,7,12-16H2. The highest BCUT2D eigenvalue weighted by Gasteiger charge is 2.48. The Balaban J connectivity index is 1.40. The first-order valence-electron chi connectivity index (χ1n) is 10.5. The first kappa shape index (κ1) is 18.3. The maximum absolute atomic E-state index is 14.7. The topological polar surface area (TPSA) is 40.6 Å². The van der Waals surface area contributed by atoms with Gasteiger partial charge in [0.05, 0.1) is 5.69 Å². The lowest BCUT2D eigenvalue weighted by atomic mass is 9.80. The number of hydrogen-bond acceptors (Lipinski definition) is 2. The SMILES string of the molecule is O=C1CCCN1Cc1ccc(C(=O)N2CC3(CCCC3)c3c(F)cccc32)cc1. The van der Waals surface area contributed by atoms with Crippen molar-refractivity contribution in [3.05, 3.63) is 65.0 Å². The van der Waals surface area contributed by atoms with E-state index in [9.17, 15) is 14.0 Å². The lowest BCUT2D eigenvalue weighted by Crippen LogP contribution is -2.35. The Morgan fingerprint density at radius 3 is 2.48 bits per heavy atom. The Hall–Kier alpha value is -2.69. The zero-order chi connectivity index (χ0) is 20.0. The van der Waals surface area contributed by atoms with Crippen LogP contribution < -0.4 is 4.90 Å². The number of fused-ring (bicyclic) bond motifs is 2. The number of benzene rings is 2. The van der Waals surface area contributed by atoms with Crippen LogP contribution >= 0.6 is 0 Å². The van der Waals surface area contributed by atoms with E-state index in [0.717, 1.165) is 55.5 Å². The molecule has 2 aromatic rings. The van der Waals surface area contributed by atoms with Crippen molar-refractivity contribution in [1.29, 1.82) is 0 Å². The van der Waals surface area contributed by atoms with Crippen molar-refractivity contribution in [3.63, 3.8) is 0 Å². The summed E-state index contributed by atoms with van der Waals surface area (Å²) >= 11 is 0. The third-order valence-corrected chi connectivity index (χ3v) is 6.83. The molecule has 2 heterocycles. The zero-order valence-electron chi connectivity index (χ0n) is 16.5. The second-order valence-electron chi connectivity index (χ2n) is 8.63. The lowest BCUT2D eigenvalue weighted by molar-refractivity contribution is -0.128. The molecular weight excluding hydrogens is 367 g/mol. The zero-order valence-corrected chi connectivity index (χ0v) is 16.5. The van der Waals surface area contributed by atoms with Crippen molar-refractivity contribution >= 4 is 17.5 Å². The number of carbonyl (C=O) groups is 2. The third-order valence-electron chi connectivity index (χ3n) is 6.83. The van der Waals surface area contributed by atoms with Crippen LogP contribution in [0.5, 0.6) is 0 Å². The van der Waals surface area contributed by atoms with Crippen LogP contribution in [-0.2, 0) is 16.8 Å². The number of nitrogens with zero attached hydrogens (tertiary/aromatic N) is 2. The summed E-state index contributed by atoms with van der Waals surface area (Å²) in [6, 6.07) is 12.6. The third kappa shape index (κ3) is 3.04. The normalized spacial score (nSPS) is 20.0. The van der Waals surface area contributed by atoms with Crippen molar-refractivity contribution in [2.24, 2.45) is 0 Å². The van der Waals surface area contributed by atoms with Gasteiger partial charge in [0.25, 0.3) is 5.91 Å². The van der Waals surface area contributed by atoms with Gasteiger partial charge in [-0.25, -0.2) is 4.39 Å². The van der Waals surface area contributed by atoms with E-state index in [1.165, 1.54) is 6.07 Å². The van der Waals surface area contributed by atoms with Crippen molar-refractivity contribution < 1.29 is 14.0 Å². The van der Waals surface area contributed by atoms with E-state index in [4.69, 9.17) is 0 Å². The van der Waals surface area contributed by atoms with Gasteiger partial charge in [0.2, 0.25) is 5.91 Å². The summed E-state index contributed by atoms with van der Waals surface area (Å²) in [5.74, 6) is -0.0718. The number of anilines is 1. The number of hydrogen-bond donors (Lipinski definition) is 0. The summed E-state index contributed by atoms with van der Waals surface area (Å²) in [6.07, 6.45) is 5.59. The second-order valence-corrected chi connectivity index (χ2v) is 8.63. The molecule has 0 unspecified atom stereocenters. The number of halogens is 1. The number of amides is 2. The van der Waals surface area contributed by atoms with Gasteiger partial charge in [-0.15, -0.1) is 0 Å². The van der Waals surface area contributed by atoms with Crippen LogP contribution in [-0.4, -0.2) is 29.8 Å². The molecule has 0 atom stereocenters. The predicted octanol–water partition coefficient (Wildman–Crippen LogP) is 4.42. The van der Waals surface area contributed by atoms with Gasteiger partial charge in [-0.05, 0) is 49.1 Å². The first-order chi connectivity index (χ1) is 14.1. The molecule has 0 aromatic heterocycles. The van der Waals surface area contributed by atoms with E-state index in [0.29, 0.717) is 25.1 Å². The van der Waals surface area contributed by atoms with Crippen LogP contribution in [0.25, 0.3) is 0 Å². The van der Waals surface area contributed by atoms with Gasteiger partial charge in [0, 0.05) is 42.6 Å². The van der Waals surface area contributed by atoms with Crippen LogP contribution in [0.2, 0.25) is 0 Å². The summed E-state index contributed by atoms with van der Waals surface area (Å²) in [4.78, 5) is 28.8. The fourth-order valence-electron chi connectivity index (χ4n) is 5.37. The molecule has 2 fully saturated rings. The highest BCUT2D eigenvalue weighted by molar-refractivity contribution is 6.07. The molecule has 0 N–H and O–H groups in total. The molecule has 2 amide bonds. The van der Waals surface area contributed by atoms with Crippen LogP contribution in [0.3, 0.4) is 0 Å². The second kappa shape index (κ2) is 6.97. The molecule has 5 rings (SSSR count). The molecule has 0 bridgehead atoms. The van der Waals surface area contributed by atoms with Crippen LogP contribution in [0.15, 0.2) is 42.5 Å². The van der Waals surface area contributed by atoms with Crippen molar-refractivity contribution in [3.8, 4) is 0 Å². The predicted molar refractivity (Wildman–Crippen MR) is 109 cm³/mol. The Kier molecular flexibility index (Phi) is 4.41. The van der Waals surface area contributed by atoms with Gasteiger partial charge < -0.3 is 9.80 Å². The van der Waals surface area contributed by atoms with Crippen LogP contribution in [0, 0.1) is 5.82 Å². The molecule has 4 nitrogen and oxygen atoms in total. The molecule has 1 saturated carbocycles. The lowest BCUT2D eigenvalue weighted by Gasteiger charge is -2.25. The minimum absolute atomic E-state index is 0.0792. The van der Waals surface area contributed by atoms with Gasteiger partial charge in [-0.3, -0.25) is 9.59 Å². The monoisotopic (exact) mass is 392 g/mol. The maximum atomic E-state index is 14.7. The van der Waals surface area contributed by atoms with Gasteiger partial charge >= 0.3 is 0 Å². The molecule has 3 aliphatic rings. The van der Waals surface area contributed by atoms with E-state index < -0.39 is 0 Å². The Bertz CT molecular complexity index is 963. The molecule has 5 heteroatoms. The number of carbonyl (C=O) groups excluding carboxylic acids is 2. The van der Waals surface area contributed by atoms with Crippen LogP contribution in [0.4, 0.5) is 10.1 Å². The quantitative estimate of drug-likeness (QED) is 0.776. The van der Waals surface area contributed by atoms with Crippen molar-refractivity contribution in [2.75, 3.05) is 18.0 Å². The maximum Gasteiger partial charge on any atom is 0.258 e. The average Bonchev–Trinajstić information content (AvgIpc) is 3.44. The van der Waals surface area contributed by atoms with Gasteiger partial charge in [0.1, 0.15) is 5.82 Å². The minimum atomic E-state index is -0.230. The molecule has 29 heavy (non-hydrogen) atoms. The molecule has 2 aliphatic heterocycles. The largest absolute Gasteiger partial charge is 0.338 e. The minimum Gasteiger partial charge on any atom is -0.338 e. The fourth-order valence-corrected chi connectivity index (χ4v) is 5.37. The number of likely N-dealkylation sites (tertiary alicyclic amines) is 1. The molecule has 150 valence electrons. The molecule has 1 aliphatic carbocycles. The molecule has 0 radical (unpaired) electrons. The average molecular weight is 392 g/mol. The van der Waals surface area contributed by atoms with E-state index in [-0.39, 0.29) is 23.0 Å². The number of rotatable bonds is 3. The summed E-state index contributed by atoms with van der Waals surface area (Å²) in [5.41, 5.74) is 2.86. The van der Waals surface area contributed by atoms with E-state index in [1.807, 2.05) is 35.2 Å². The Morgan fingerprint density at radius 1 is 1.03 bits per heavy atom. The van der Waals surface area contributed by atoms with Crippen molar-refractivity contribution in [1.82, 2.24) is 4.90 Å².